The van der Waals surface area contributed by atoms with E-state index in [2.05, 4.69) is 4.74 Å². The highest BCUT2D eigenvalue weighted by molar-refractivity contribution is 6.17. The maximum Gasteiger partial charge on any atom is 0.338 e. The van der Waals surface area contributed by atoms with Gasteiger partial charge in [0.1, 0.15) is 5.75 Å². The SMILES string of the molecule is CC/C=C(\C(=O)OC)c1ccccc1O. The van der Waals surface area contributed by atoms with E-state index >= 15 is 0 Å². The van der Waals surface area contributed by atoms with Gasteiger partial charge in [-0.2, -0.15) is 0 Å². The normalized spacial score (nSPS) is 11.2. The Kier molecular flexibility index (Phi) is 3.92. The predicted octanol–water partition coefficient (Wildman–Crippen LogP) is 2.36. The molecule has 0 fully saturated rings. The van der Waals surface area contributed by atoms with Crippen molar-refractivity contribution in [3.8, 4) is 5.75 Å². The molecular weight excluding hydrogens is 192 g/mol. The van der Waals surface area contributed by atoms with Gasteiger partial charge < -0.3 is 9.84 Å². The number of rotatable bonds is 3. The third-order valence-corrected chi connectivity index (χ3v) is 2.01. The fraction of sp³-hybridized carbons (Fsp3) is 0.250. The van der Waals surface area contributed by atoms with Crippen LogP contribution in [0.5, 0.6) is 5.75 Å². The number of benzene rings is 1. The fourth-order valence-corrected chi connectivity index (χ4v) is 1.32. The second-order valence-electron chi connectivity index (χ2n) is 3.03. The predicted molar refractivity (Wildman–Crippen MR) is 58.4 cm³/mol. The van der Waals surface area contributed by atoms with Gasteiger partial charge in [-0.3, -0.25) is 0 Å². The largest absolute Gasteiger partial charge is 0.507 e. The van der Waals surface area contributed by atoms with Crippen LogP contribution in [0.25, 0.3) is 5.57 Å². The number of hydrogen-bond acceptors (Lipinski definition) is 3. The van der Waals surface area contributed by atoms with E-state index < -0.39 is 5.97 Å². The van der Waals surface area contributed by atoms with Crippen molar-refractivity contribution in [2.24, 2.45) is 0 Å². The fourth-order valence-electron chi connectivity index (χ4n) is 1.32. The van der Waals surface area contributed by atoms with Crippen molar-refractivity contribution in [3.05, 3.63) is 35.9 Å². The highest BCUT2D eigenvalue weighted by Gasteiger charge is 2.14. The van der Waals surface area contributed by atoms with Crippen molar-refractivity contribution in [2.75, 3.05) is 7.11 Å². The lowest BCUT2D eigenvalue weighted by Gasteiger charge is -2.07. The summed E-state index contributed by atoms with van der Waals surface area (Å²) in [4.78, 5) is 11.5. The van der Waals surface area contributed by atoms with Gasteiger partial charge in [-0.25, -0.2) is 4.79 Å². The Morgan fingerprint density at radius 2 is 2.13 bits per heavy atom. The first-order chi connectivity index (χ1) is 7.20. The number of hydrogen-bond donors (Lipinski definition) is 1. The average molecular weight is 206 g/mol. The minimum absolute atomic E-state index is 0.0857. The van der Waals surface area contributed by atoms with Gasteiger partial charge in [0.15, 0.2) is 0 Å². The van der Waals surface area contributed by atoms with E-state index in [1.165, 1.54) is 7.11 Å². The molecule has 3 nitrogen and oxygen atoms in total. The second-order valence-corrected chi connectivity index (χ2v) is 3.03. The third-order valence-electron chi connectivity index (χ3n) is 2.01. The van der Waals surface area contributed by atoms with Crippen LogP contribution in [0.4, 0.5) is 0 Å². The van der Waals surface area contributed by atoms with Crippen molar-refractivity contribution in [1.29, 1.82) is 0 Å². The molecule has 0 saturated carbocycles. The molecule has 1 aromatic carbocycles. The Hall–Kier alpha value is -1.77. The lowest BCUT2D eigenvalue weighted by Crippen LogP contribution is -2.04. The van der Waals surface area contributed by atoms with E-state index in [-0.39, 0.29) is 5.75 Å². The van der Waals surface area contributed by atoms with Crippen molar-refractivity contribution in [1.82, 2.24) is 0 Å². The molecule has 80 valence electrons. The Bertz CT molecular complexity index is 380. The summed E-state index contributed by atoms with van der Waals surface area (Å²) < 4.78 is 4.66. The number of ether oxygens (including phenoxy) is 1. The molecule has 0 bridgehead atoms. The minimum atomic E-state index is -0.432. The number of carbonyl (C=O) groups excluding carboxylic acids is 1. The number of methoxy groups -OCH3 is 1. The molecule has 0 saturated heterocycles. The molecule has 1 rings (SSSR count). The lowest BCUT2D eigenvalue weighted by molar-refractivity contribution is -0.133. The monoisotopic (exact) mass is 206 g/mol. The van der Waals surface area contributed by atoms with Crippen molar-refractivity contribution in [3.63, 3.8) is 0 Å². The van der Waals surface area contributed by atoms with E-state index in [1.807, 2.05) is 6.92 Å². The van der Waals surface area contributed by atoms with Crippen molar-refractivity contribution >= 4 is 11.5 Å². The molecule has 0 aromatic heterocycles. The molecule has 15 heavy (non-hydrogen) atoms. The number of phenols is 1. The first-order valence-electron chi connectivity index (χ1n) is 4.77. The van der Waals surface area contributed by atoms with Gasteiger partial charge in [0, 0.05) is 5.56 Å². The summed E-state index contributed by atoms with van der Waals surface area (Å²) in [7, 11) is 1.33. The molecule has 0 radical (unpaired) electrons. The molecule has 0 spiro atoms. The van der Waals surface area contributed by atoms with Gasteiger partial charge in [-0.15, -0.1) is 0 Å². The van der Waals surface area contributed by atoms with Crippen LogP contribution in [0.15, 0.2) is 30.3 Å². The summed E-state index contributed by atoms with van der Waals surface area (Å²) in [6, 6.07) is 6.71. The summed E-state index contributed by atoms with van der Waals surface area (Å²) in [6.07, 6.45) is 2.44. The molecule has 0 aliphatic rings. The molecule has 1 aromatic rings. The Labute approximate surface area is 89.0 Å². The van der Waals surface area contributed by atoms with Crippen molar-refractivity contribution in [2.45, 2.75) is 13.3 Å². The number of esters is 1. The van der Waals surface area contributed by atoms with Gasteiger partial charge in [-0.05, 0) is 12.5 Å². The van der Waals surface area contributed by atoms with E-state index in [9.17, 15) is 9.90 Å². The Balaban J connectivity index is 3.17. The zero-order valence-corrected chi connectivity index (χ0v) is 8.86. The first-order valence-corrected chi connectivity index (χ1v) is 4.77. The van der Waals surface area contributed by atoms with E-state index in [0.717, 1.165) is 0 Å². The zero-order chi connectivity index (χ0) is 11.3. The summed E-state index contributed by atoms with van der Waals surface area (Å²) >= 11 is 0. The van der Waals surface area contributed by atoms with E-state index in [1.54, 1.807) is 30.3 Å². The molecule has 0 aliphatic heterocycles. The maximum atomic E-state index is 11.5. The standard InChI is InChI=1S/C12H14O3/c1-3-6-10(12(14)15-2)9-7-4-5-8-11(9)13/h4-8,13H,3H2,1-2H3/b10-6-. The molecule has 3 heteroatoms. The molecule has 0 unspecified atom stereocenters. The highest BCUT2D eigenvalue weighted by Crippen LogP contribution is 2.25. The Morgan fingerprint density at radius 1 is 1.47 bits per heavy atom. The van der Waals surface area contributed by atoms with Crippen LogP contribution in [0.2, 0.25) is 0 Å². The molecule has 0 aliphatic carbocycles. The van der Waals surface area contributed by atoms with E-state index in [4.69, 9.17) is 0 Å². The number of allylic oxidation sites excluding steroid dienone is 1. The summed E-state index contributed by atoms with van der Waals surface area (Å²) in [5, 5.41) is 9.60. The minimum Gasteiger partial charge on any atom is -0.507 e. The molecule has 0 atom stereocenters. The summed E-state index contributed by atoms with van der Waals surface area (Å²) in [6.45, 7) is 1.92. The van der Waals surface area contributed by atoms with Crippen LogP contribution < -0.4 is 0 Å². The molecule has 0 amide bonds. The number of aromatic hydroxyl groups is 1. The number of para-hydroxylation sites is 1. The van der Waals surface area contributed by atoms with Gasteiger partial charge >= 0.3 is 5.97 Å². The van der Waals surface area contributed by atoms with Crippen LogP contribution >= 0.6 is 0 Å². The average Bonchev–Trinajstić information content (AvgIpc) is 2.26. The summed E-state index contributed by atoms with van der Waals surface area (Å²) in [5.74, 6) is -0.346. The van der Waals surface area contributed by atoms with Crippen LogP contribution in [-0.4, -0.2) is 18.2 Å². The van der Waals surface area contributed by atoms with Crippen LogP contribution in [-0.2, 0) is 9.53 Å². The molecular formula is C12H14O3. The molecule has 0 heterocycles. The Morgan fingerprint density at radius 3 is 2.67 bits per heavy atom. The highest BCUT2D eigenvalue weighted by atomic mass is 16.5. The second kappa shape index (κ2) is 5.20. The third kappa shape index (κ3) is 2.59. The van der Waals surface area contributed by atoms with Crippen LogP contribution in [0.3, 0.4) is 0 Å². The lowest BCUT2D eigenvalue weighted by atomic mass is 10.0. The quantitative estimate of drug-likeness (QED) is 0.610. The number of carbonyl (C=O) groups is 1. The number of phenolic OH excluding ortho intramolecular Hbond substituents is 1. The van der Waals surface area contributed by atoms with Crippen LogP contribution in [0, 0.1) is 0 Å². The smallest absolute Gasteiger partial charge is 0.338 e. The summed E-state index contributed by atoms with van der Waals surface area (Å²) in [5.41, 5.74) is 0.907. The first kappa shape index (κ1) is 11.3. The van der Waals surface area contributed by atoms with Gasteiger partial charge in [0.05, 0.1) is 12.7 Å². The van der Waals surface area contributed by atoms with Crippen molar-refractivity contribution < 1.29 is 14.6 Å². The maximum absolute atomic E-state index is 11.5. The molecule has 1 N–H and O–H groups in total. The topological polar surface area (TPSA) is 46.5 Å². The van der Waals surface area contributed by atoms with Gasteiger partial charge in [0.25, 0.3) is 0 Å². The van der Waals surface area contributed by atoms with Crippen LogP contribution in [0.1, 0.15) is 18.9 Å². The zero-order valence-electron chi connectivity index (χ0n) is 8.86. The van der Waals surface area contributed by atoms with Gasteiger partial charge in [-0.1, -0.05) is 31.2 Å². The van der Waals surface area contributed by atoms with Gasteiger partial charge in [0.2, 0.25) is 0 Å². The van der Waals surface area contributed by atoms with E-state index in [0.29, 0.717) is 17.6 Å².